The minimum atomic E-state index is -0.156. The lowest BCUT2D eigenvalue weighted by Crippen LogP contribution is -2.14. The van der Waals surface area contributed by atoms with Crippen LogP contribution >= 0.6 is 11.8 Å². The minimum Gasteiger partial charge on any atom is -0.463 e. The highest BCUT2D eigenvalue weighted by Gasteiger charge is 2.11. The van der Waals surface area contributed by atoms with Gasteiger partial charge in [0, 0.05) is 10.1 Å². The molecule has 1 aromatic carbocycles. The average Bonchev–Trinajstić information content (AvgIpc) is 2.18. The molecular formula is C14H20O2S. The Hall–Kier alpha value is -0.960. The standard InChI is InChI=1S/C14H20O2S/c1-10(2)16-14(15)9-12-7-5-6-8-13(12)17-11(3)4/h5-8,10-11H,9H2,1-4H3. The maximum Gasteiger partial charge on any atom is 0.310 e. The Balaban J connectivity index is 2.72. The lowest BCUT2D eigenvalue weighted by atomic mass is 10.1. The Labute approximate surface area is 108 Å². The van der Waals surface area contributed by atoms with Crippen molar-refractivity contribution in [2.75, 3.05) is 0 Å². The second-order valence-electron chi connectivity index (χ2n) is 4.49. The monoisotopic (exact) mass is 252 g/mol. The van der Waals surface area contributed by atoms with Gasteiger partial charge in [0.2, 0.25) is 0 Å². The van der Waals surface area contributed by atoms with Gasteiger partial charge in [-0.05, 0) is 25.5 Å². The van der Waals surface area contributed by atoms with Crippen molar-refractivity contribution in [1.29, 1.82) is 0 Å². The summed E-state index contributed by atoms with van der Waals surface area (Å²) in [5.41, 5.74) is 1.05. The van der Waals surface area contributed by atoms with E-state index in [1.807, 2.05) is 32.0 Å². The smallest absolute Gasteiger partial charge is 0.310 e. The van der Waals surface area contributed by atoms with E-state index >= 15 is 0 Å². The minimum absolute atomic E-state index is 0.0487. The van der Waals surface area contributed by atoms with Gasteiger partial charge in [-0.1, -0.05) is 32.0 Å². The van der Waals surface area contributed by atoms with E-state index in [0.29, 0.717) is 11.7 Å². The number of ether oxygens (including phenoxy) is 1. The van der Waals surface area contributed by atoms with Crippen LogP contribution in [0.15, 0.2) is 29.2 Å². The lowest BCUT2D eigenvalue weighted by molar-refractivity contribution is -0.146. The molecule has 0 heterocycles. The van der Waals surface area contributed by atoms with Crippen LogP contribution in [0.25, 0.3) is 0 Å². The van der Waals surface area contributed by atoms with Crippen LogP contribution < -0.4 is 0 Å². The number of carbonyl (C=O) groups is 1. The fourth-order valence-electron chi connectivity index (χ4n) is 1.48. The van der Waals surface area contributed by atoms with Gasteiger partial charge in [0.05, 0.1) is 12.5 Å². The van der Waals surface area contributed by atoms with Gasteiger partial charge in [-0.15, -0.1) is 11.8 Å². The van der Waals surface area contributed by atoms with Crippen LogP contribution in [0.2, 0.25) is 0 Å². The molecule has 0 aliphatic heterocycles. The van der Waals surface area contributed by atoms with Crippen LogP contribution in [0.3, 0.4) is 0 Å². The third kappa shape index (κ3) is 5.26. The maximum atomic E-state index is 11.6. The highest BCUT2D eigenvalue weighted by Crippen LogP contribution is 2.26. The van der Waals surface area contributed by atoms with Crippen molar-refractivity contribution in [2.45, 2.75) is 50.4 Å². The van der Waals surface area contributed by atoms with E-state index in [1.165, 1.54) is 4.90 Å². The number of esters is 1. The van der Waals surface area contributed by atoms with Crippen LogP contribution in [0.1, 0.15) is 33.3 Å². The molecule has 3 heteroatoms. The molecule has 0 spiro atoms. The summed E-state index contributed by atoms with van der Waals surface area (Å²) in [4.78, 5) is 12.8. The summed E-state index contributed by atoms with van der Waals surface area (Å²) in [5.74, 6) is -0.156. The fraction of sp³-hybridized carbons (Fsp3) is 0.500. The summed E-state index contributed by atoms with van der Waals surface area (Å²) in [6.07, 6.45) is 0.307. The summed E-state index contributed by atoms with van der Waals surface area (Å²) < 4.78 is 5.17. The van der Waals surface area contributed by atoms with Crippen molar-refractivity contribution in [3.63, 3.8) is 0 Å². The number of hydrogen-bond acceptors (Lipinski definition) is 3. The van der Waals surface area contributed by atoms with E-state index < -0.39 is 0 Å². The predicted octanol–water partition coefficient (Wildman–Crippen LogP) is 3.68. The number of benzene rings is 1. The van der Waals surface area contributed by atoms with Crippen LogP contribution in [0.5, 0.6) is 0 Å². The first kappa shape index (κ1) is 14.1. The van der Waals surface area contributed by atoms with E-state index in [0.717, 1.165) is 5.56 Å². The van der Waals surface area contributed by atoms with Gasteiger partial charge in [0.15, 0.2) is 0 Å². The van der Waals surface area contributed by atoms with Crippen molar-refractivity contribution in [3.8, 4) is 0 Å². The SMILES string of the molecule is CC(C)OC(=O)Cc1ccccc1SC(C)C. The molecular weight excluding hydrogens is 232 g/mol. The molecule has 17 heavy (non-hydrogen) atoms. The molecule has 2 nitrogen and oxygen atoms in total. The summed E-state index contributed by atoms with van der Waals surface area (Å²) in [6, 6.07) is 8.01. The van der Waals surface area contributed by atoms with Crippen molar-refractivity contribution >= 4 is 17.7 Å². The fourth-order valence-corrected chi connectivity index (χ4v) is 2.44. The Kier molecular flexibility index (Phi) is 5.56. The molecule has 0 aromatic heterocycles. The van der Waals surface area contributed by atoms with Crippen LogP contribution in [-0.4, -0.2) is 17.3 Å². The molecule has 0 N–H and O–H groups in total. The van der Waals surface area contributed by atoms with Gasteiger partial charge in [-0.25, -0.2) is 0 Å². The highest BCUT2D eigenvalue weighted by atomic mass is 32.2. The van der Waals surface area contributed by atoms with Gasteiger partial charge in [-0.2, -0.15) is 0 Å². The second kappa shape index (κ2) is 6.70. The van der Waals surface area contributed by atoms with Crippen molar-refractivity contribution in [3.05, 3.63) is 29.8 Å². The van der Waals surface area contributed by atoms with E-state index in [4.69, 9.17) is 4.74 Å². The van der Waals surface area contributed by atoms with Gasteiger partial charge < -0.3 is 4.74 Å². The molecule has 0 bridgehead atoms. The summed E-state index contributed by atoms with van der Waals surface area (Å²) in [7, 11) is 0. The van der Waals surface area contributed by atoms with Gasteiger partial charge >= 0.3 is 5.97 Å². The van der Waals surface area contributed by atoms with Crippen molar-refractivity contribution in [1.82, 2.24) is 0 Å². The normalized spacial score (nSPS) is 10.9. The first-order chi connectivity index (χ1) is 7.99. The topological polar surface area (TPSA) is 26.3 Å². The zero-order valence-electron chi connectivity index (χ0n) is 10.9. The van der Waals surface area contributed by atoms with Gasteiger partial charge in [0.25, 0.3) is 0 Å². The molecule has 0 atom stereocenters. The third-order valence-corrected chi connectivity index (χ3v) is 3.16. The zero-order chi connectivity index (χ0) is 12.8. The Bertz CT molecular complexity index is 372. The number of hydrogen-bond donors (Lipinski definition) is 0. The van der Waals surface area contributed by atoms with Crippen molar-refractivity contribution < 1.29 is 9.53 Å². The molecule has 0 saturated carbocycles. The molecule has 0 fully saturated rings. The Morgan fingerprint density at radius 3 is 2.47 bits per heavy atom. The zero-order valence-corrected chi connectivity index (χ0v) is 11.7. The first-order valence-electron chi connectivity index (χ1n) is 5.93. The maximum absolute atomic E-state index is 11.6. The quantitative estimate of drug-likeness (QED) is 0.590. The van der Waals surface area contributed by atoms with E-state index in [-0.39, 0.29) is 12.1 Å². The molecule has 94 valence electrons. The second-order valence-corrected chi connectivity index (χ2v) is 6.11. The predicted molar refractivity (Wildman–Crippen MR) is 72.4 cm³/mol. The van der Waals surface area contributed by atoms with Gasteiger partial charge in [0.1, 0.15) is 0 Å². The Morgan fingerprint density at radius 2 is 1.88 bits per heavy atom. The van der Waals surface area contributed by atoms with E-state index in [2.05, 4.69) is 19.9 Å². The summed E-state index contributed by atoms with van der Waals surface area (Å²) in [6.45, 7) is 8.03. The molecule has 0 amide bonds. The largest absolute Gasteiger partial charge is 0.463 e. The number of rotatable bonds is 5. The Morgan fingerprint density at radius 1 is 1.24 bits per heavy atom. The molecule has 0 aliphatic carbocycles. The summed E-state index contributed by atoms with van der Waals surface area (Å²) in [5, 5.41) is 0.511. The van der Waals surface area contributed by atoms with Crippen LogP contribution in [0, 0.1) is 0 Å². The molecule has 0 saturated heterocycles. The molecule has 0 radical (unpaired) electrons. The van der Waals surface area contributed by atoms with Gasteiger partial charge in [-0.3, -0.25) is 4.79 Å². The van der Waals surface area contributed by atoms with Crippen LogP contribution in [-0.2, 0) is 16.0 Å². The third-order valence-electron chi connectivity index (χ3n) is 2.04. The van der Waals surface area contributed by atoms with E-state index in [1.54, 1.807) is 11.8 Å². The molecule has 0 unspecified atom stereocenters. The van der Waals surface area contributed by atoms with E-state index in [9.17, 15) is 4.79 Å². The average molecular weight is 252 g/mol. The molecule has 1 rings (SSSR count). The molecule has 0 aliphatic rings. The summed E-state index contributed by atoms with van der Waals surface area (Å²) >= 11 is 1.78. The highest BCUT2D eigenvalue weighted by molar-refractivity contribution is 8.00. The number of carbonyl (C=O) groups excluding carboxylic acids is 1. The number of thioether (sulfide) groups is 1. The molecule has 1 aromatic rings. The lowest BCUT2D eigenvalue weighted by Gasteiger charge is -2.12. The van der Waals surface area contributed by atoms with Crippen molar-refractivity contribution in [2.24, 2.45) is 0 Å². The van der Waals surface area contributed by atoms with Crippen LogP contribution in [0.4, 0.5) is 0 Å². The first-order valence-corrected chi connectivity index (χ1v) is 6.81.